The van der Waals surface area contributed by atoms with E-state index in [9.17, 15) is 4.79 Å². The van der Waals surface area contributed by atoms with Crippen molar-refractivity contribution in [1.82, 2.24) is 15.1 Å². The van der Waals surface area contributed by atoms with Gasteiger partial charge in [-0.05, 0) is 44.5 Å². The van der Waals surface area contributed by atoms with Gasteiger partial charge in [0.2, 0.25) is 0 Å². The third kappa shape index (κ3) is 5.48. The van der Waals surface area contributed by atoms with Crippen LogP contribution in [-0.2, 0) is 11.3 Å². The number of aryl methyl sites for hydroxylation is 1. The molecule has 5 nitrogen and oxygen atoms in total. The van der Waals surface area contributed by atoms with Gasteiger partial charge in [0.1, 0.15) is 0 Å². The standard InChI is InChI=1S/C17H29N3O2S/c1-14-5-6-15(23-14)11-20(9-10-22-4)16(21)18-12-17(2)7-8-19(3)13-17/h5-6H,7-13H2,1-4H3,(H,18,21)/t17-/m0/s1. The molecule has 0 spiro atoms. The molecule has 1 aliphatic rings. The van der Waals surface area contributed by atoms with E-state index in [0.717, 1.165) is 26.1 Å². The number of thiophene rings is 1. The van der Waals surface area contributed by atoms with Gasteiger partial charge in [-0.1, -0.05) is 6.92 Å². The highest BCUT2D eigenvalue weighted by molar-refractivity contribution is 7.11. The minimum Gasteiger partial charge on any atom is -0.383 e. The molecule has 1 fully saturated rings. The number of nitrogens with zero attached hydrogens (tertiary/aromatic N) is 2. The fourth-order valence-electron chi connectivity index (χ4n) is 3.03. The van der Waals surface area contributed by atoms with Crippen LogP contribution in [0.5, 0.6) is 0 Å². The highest BCUT2D eigenvalue weighted by Gasteiger charge is 2.32. The second kappa shape index (κ2) is 8.13. The molecule has 1 aromatic heterocycles. The summed E-state index contributed by atoms with van der Waals surface area (Å²) < 4.78 is 5.15. The maximum absolute atomic E-state index is 12.6. The number of carbonyl (C=O) groups excluding carboxylic acids is 1. The van der Waals surface area contributed by atoms with Crippen molar-refractivity contribution in [3.63, 3.8) is 0 Å². The van der Waals surface area contributed by atoms with Gasteiger partial charge >= 0.3 is 6.03 Å². The summed E-state index contributed by atoms with van der Waals surface area (Å²) in [5.74, 6) is 0. The molecule has 2 heterocycles. The molecular formula is C17H29N3O2S. The number of hydrogen-bond acceptors (Lipinski definition) is 4. The van der Waals surface area contributed by atoms with Crippen molar-refractivity contribution in [2.24, 2.45) is 5.41 Å². The van der Waals surface area contributed by atoms with Gasteiger partial charge in [0.25, 0.3) is 0 Å². The van der Waals surface area contributed by atoms with Crippen LogP contribution in [0.3, 0.4) is 0 Å². The van der Waals surface area contributed by atoms with Gasteiger partial charge < -0.3 is 19.9 Å². The van der Waals surface area contributed by atoms with Crippen LogP contribution < -0.4 is 5.32 Å². The van der Waals surface area contributed by atoms with Gasteiger partial charge in [0, 0.05) is 36.5 Å². The van der Waals surface area contributed by atoms with Crippen LogP contribution in [0.4, 0.5) is 4.79 Å². The van der Waals surface area contributed by atoms with Crippen LogP contribution in [0.2, 0.25) is 0 Å². The van der Waals surface area contributed by atoms with E-state index in [1.807, 2.05) is 4.90 Å². The first-order chi connectivity index (χ1) is 10.9. The summed E-state index contributed by atoms with van der Waals surface area (Å²) in [6.45, 7) is 9.01. The molecule has 23 heavy (non-hydrogen) atoms. The van der Waals surface area contributed by atoms with Crippen molar-refractivity contribution in [1.29, 1.82) is 0 Å². The molecule has 1 aromatic rings. The fourth-order valence-corrected chi connectivity index (χ4v) is 3.93. The molecule has 0 bridgehead atoms. The van der Waals surface area contributed by atoms with Gasteiger partial charge in [0.15, 0.2) is 0 Å². The molecule has 0 radical (unpaired) electrons. The number of nitrogens with one attached hydrogen (secondary N) is 1. The van der Waals surface area contributed by atoms with Gasteiger partial charge in [0.05, 0.1) is 13.2 Å². The molecule has 0 unspecified atom stereocenters. The maximum atomic E-state index is 12.6. The topological polar surface area (TPSA) is 44.8 Å². The number of urea groups is 1. The van der Waals surface area contributed by atoms with Crippen molar-refractivity contribution < 1.29 is 9.53 Å². The lowest BCUT2D eigenvalue weighted by atomic mass is 9.90. The number of hydrogen-bond donors (Lipinski definition) is 1. The molecular weight excluding hydrogens is 310 g/mol. The Balaban J connectivity index is 1.90. The number of amides is 2. The number of ether oxygens (including phenoxy) is 1. The lowest BCUT2D eigenvalue weighted by Crippen LogP contribution is -2.45. The monoisotopic (exact) mass is 339 g/mol. The van der Waals surface area contributed by atoms with Crippen molar-refractivity contribution >= 4 is 17.4 Å². The second-order valence-electron chi connectivity index (χ2n) is 6.88. The van der Waals surface area contributed by atoms with Gasteiger partial charge in [-0.25, -0.2) is 4.79 Å². The first-order valence-electron chi connectivity index (χ1n) is 8.17. The maximum Gasteiger partial charge on any atom is 0.317 e. The molecule has 2 rings (SSSR count). The van der Waals surface area contributed by atoms with E-state index >= 15 is 0 Å². The third-order valence-corrected chi connectivity index (χ3v) is 5.40. The van der Waals surface area contributed by atoms with Gasteiger partial charge in [-0.2, -0.15) is 0 Å². The van der Waals surface area contributed by atoms with Crippen molar-refractivity contribution in [3.05, 3.63) is 21.9 Å². The van der Waals surface area contributed by atoms with Crippen LogP contribution in [0.1, 0.15) is 23.1 Å². The van der Waals surface area contributed by atoms with Gasteiger partial charge in [-0.3, -0.25) is 0 Å². The predicted molar refractivity (Wildman–Crippen MR) is 95.0 cm³/mol. The van der Waals surface area contributed by atoms with Crippen molar-refractivity contribution in [3.8, 4) is 0 Å². The lowest BCUT2D eigenvalue weighted by molar-refractivity contribution is 0.144. The minimum absolute atomic E-state index is 0.00359. The average Bonchev–Trinajstić information content (AvgIpc) is 3.07. The Kier molecular flexibility index (Phi) is 6.44. The molecule has 1 saturated heterocycles. The van der Waals surface area contributed by atoms with E-state index < -0.39 is 0 Å². The molecule has 1 N–H and O–H groups in total. The van der Waals surface area contributed by atoms with Crippen LogP contribution >= 0.6 is 11.3 Å². The van der Waals surface area contributed by atoms with E-state index in [1.165, 1.54) is 9.75 Å². The Morgan fingerprint density at radius 1 is 1.52 bits per heavy atom. The van der Waals surface area contributed by atoms with Gasteiger partial charge in [-0.15, -0.1) is 11.3 Å². The molecule has 0 aromatic carbocycles. The highest BCUT2D eigenvalue weighted by Crippen LogP contribution is 2.28. The van der Waals surface area contributed by atoms with Crippen LogP contribution in [0.15, 0.2) is 12.1 Å². The first kappa shape index (κ1) is 18.2. The molecule has 0 aliphatic carbocycles. The Hall–Kier alpha value is -1.11. The summed E-state index contributed by atoms with van der Waals surface area (Å²) in [6, 6.07) is 4.20. The van der Waals surface area contributed by atoms with E-state index in [2.05, 4.69) is 43.2 Å². The summed E-state index contributed by atoms with van der Waals surface area (Å²) in [6.07, 6.45) is 1.13. The average molecular weight is 340 g/mol. The zero-order chi connectivity index (χ0) is 16.9. The smallest absolute Gasteiger partial charge is 0.317 e. The number of carbonyl (C=O) groups is 1. The Labute approximate surface area is 143 Å². The zero-order valence-electron chi connectivity index (χ0n) is 14.7. The Morgan fingerprint density at radius 2 is 2.30 bits per heavy atom. The Bertz CT molecular complexity index is 520. The zero-order valence-corrected chi connectivity index (χ0v) is 15.5. The SMILES string of the molecule is COCCN(Cc1ccc(C)s1)C(=O)NC[C@]1(C)CCN(C)C1. The summed E-state index contributed by atoms with van der Waals surface area (Å²) >= 11 is 1.74. The van der Waals surface area contributed by atoms with Crippen LogP contribution in [0, 0.1) is 12.3 Å². The van der Waals surface area contributed by atoms with E-state index in [1.54, 1.807) is 18.4 Å². The van der Waals surface area contributed by atoms with E-state index in [-0.39, 0.29) is 11.4 Å². The summed E-state index contributed by atoms with van der Waals surface area (Å²) in [4.78, 5) is 19.2. The van der Waals surface area contributed by atoms with E-state index in [0.29, 0.717) is 19.7 Å². The lowest BCUT2D eigenvalue weighted by Gasteiger charge is -2.27. The van der Waals surface area contributed by atoms with Crippen molar-refractivity contribution in [2.45, 2.75) is 26.8 Å². The Morgan fingerprint density at radius 3 is 2.87 bits per heavy atom. The normalized spacial score (nSPS) is 21.6. The minimum atomic E-state index is 0.00359. The fraction of sp³-hybridized carbons (Fsp3) is 0.706. The first-order valence-corrected chi connectivity index (χ1v) is 8.99. The molecule has 130 valence electrons. The van der Waals surface area contributed by atoms with Crippen molar-refractivity contribution in [2.75, 3.05) is 46.9 Å². The van der Waals surface area contributed by atoms with Crippen LogP contribution in [-0.4, -0.2) is 62.8 Å². The highest BCUT2D eigenvalue weighted by atomic mass is 32.1. The number of rotatable bonds is 7. The largest absolute Gasteiger partial charge is 0.383 e. The molecule has 6 heteroatoms. The number of methoxy groups -OCH3 is 1. The predicted octanol–water partition coefficient (Wildman–Crippen LogP) is 2.56. The van der Waals surface area contributed by atoms with Crippen LogP contribution in [0.25, 0.3) is 0 Å². The molecule has 1 aliphatic heterocycles. The molecule has 0 saturated carbocycles. The third-order valence-electron chi connectivity index (χ3n) is 4.41. The second-order valence-corrected chi connectivity index (χ2v) is 8.26. The quantitative estimate of drug-likeness (QED) is 0.830. The van der Waals surface area contributed by atoms with E-state index in [4.69, 9.17) is 4.74 Å². The molecule has 2 amide bonds. The summed E-state index contributed by atoms with van der Waals surface area (Å²) in [5, 5.41) is 3.13. The molecule has 1 atom stereocenters. The number of likely N-dealkylation sites (tertiary alicyclic amines) is 1. The summed E-state index contributed by atoms with van der Waals surface area (Å²) in [7, 11) is 3.80. The summed E-state index contributed by atoms with van der Waals surface area (Å²) in [5.41, 5.74) is 0.177.